The van der Waals surface area contributed by atoms with Crippen molar-refractivity contribution in [3.05, 3.63) is 65.3 Å². The molecule has 6 nitrogen and oxygen atoms in total. The third-order valence-corrected chi connectivity index (χ3v) is 6.36. The van der Waals surface area contributed by atoms with E-state index >= 15 is 0 Å². The van der Waals surface area contributed by atoms with E-state index in [0.717, 1.165) is 23.4 Å². The fourth-order valence-electron chi connectivity index (χ4n) is 3.73. The van der Waals surface area contributed by atoms with Gasteiger partial charge in [0.05, 0.1) is 12.3 Å². The number of carbonyl (C=O) groups is 2. The quantitative estimate of drug-likeness (QED) is 0.517. The highest BCUT2D eigenvalue weighted by Crippen LogP contribution is 2.28. The van der Waals surface area contributed by atoms with Crippen molar-refractivity contribution in [3.8, 4) is 17.0 Å². The molecule has 2 amide bonds. The molecule has 2 heterocycles. The summed E-state index contributed by atoms with van der Waals surface area (Å²) >= 11 is 1.39. The Morgan fingerprint density at radius 1 is 1.12 bits per heavy atom. The molecule has 0 radical (unpaired) electrons. The minimum Gasteiger partial charge on any atom is -0.494 e. The van der Waals surface area contributed by atoms with E-state index in [-0.39, 0.29) is 23.5 Å². The minimum atomic E-state index is -0.370. The summed E-state index contributed by atoms with van der Waals surface area (Å²) in [5.74, 6) is 0.0705. The van der Waals surface area contributed by atoms with Gasteiger partial charge in [0.15, 0.2) is 5.13 Å². The lowest BCUT2D eigenvalue weighted by molar-refractivity contribution is -0.121. The maximum absolute atomic E-state index is 13.1. The molecule has 8 heteroatoms. The Hall–Kier alpha value is -3.26. The van der Waals surface area contributed by atoms with Crippen molar-refractivity contribution in [2.45, 2.75) is 26.2 Å². The topological polar surface area (TPSA) is 71.5 Å². The van der Waals surface area contributed by atoms with Gasteiger partial charge in [0.1, 0.15) is 11.6 Å². The fourth-order valence-corrected chi connectivity index (χ4v) is 4.46. The smallest absolute Gasteiger partial charge is 0.253 e. The summed E-state index contributed by atoms with van der Waals surface area (Å²) < 4.78 is 18.7. The Morgan fingerprint density at radius 2 is 1.82 bits per heavy atom. The van der Waals surface area contributed by atoms with Gasteiger partial charge in [0.25, 0.3) is 5.91 Å². The molecule has 1 aromatic heterocycles. The molecule has 1 aliphatic heterocycles. The molecule has 172 valence electrons. The van der Waals surface area contributed by atoms with Crippen LogP contribution in [0.1, 0.15) is 36.5 Å². The number of likely N-dealkylation sites (tertiary alicyclic amines) is 1. The highest BCUT2D eigenvalue weighted by Gasteiger charge is 2.28. The Morgan fingerprint density at radius 3 is 2.48 bits per heavy atom. The average Bonchev–Trinajstić information content (AvgIpc) is 3.31. The SMILES string of the molecule is CCCOc1ccc(-c2csc(NC(=O)C3CCN(C(=O)c4ccc(F)cc4)CC3)n2)cc1. The summed E-state index contributed by atoms with van der Waals surface area (Å²) in [6.45, 7) is 3.73. The lowest BCUT2D eigenvalue weighted by atomic mass is 9.95. The Kier molecular flexibility index (Phi) is 7.34. The molecule has 0 saturated carbocycles. The number of piperidine rings is 1. The summed E-state index contributed by atoms with van der Waals surface area (Å²) in [7, 11) is 0. The van der Waals surface area contributed by atoms with Crippen LogP contribution in [0.15, 0.2) is 53.9 Å². The van der Waals surface area contributed by atoms with Crippen LogP contribution in [0.25, 0.3) is 11.3 Å². The molecule has 0 spiro atoms. The second-order valence-electron chi connectivity index (χ2n) is 7.97. The molecule has 4 rings (SSSR count). The zero-order chi connectivity index (χ0) is 23.2. The zero-order valence-electron chi connectivity index (χ0n) is 18.4. The normalized spacial score (nSPS) is 14.2. The van der Waals surface area contributed by atoms with Crippen LogP contribution in [-0.4, -0.2) is 41.4 Å². The van der Waals surface area contributed by atoms with Crippen molar-refractivity contribution in [3.63, 3.8) is 0 Å². The average molecular weight is 468 g/mol. The van der Waals surface area contributed by atoms with Gasteiger partial charge in [-0.3, -0.25) is 9.59 Å². The van der Waals surface area contributed by atoms with E-state index in [9.17, 15) is 14.0 Å². The minimum absolute atomic E-state index is 0.0758. The maximum Gasteiger partial charge on any atom is 0.253 e. The van der Waals surface area contributed by atoms with E-state index in [1.165, 1.54) is 35.6 Å². The molecule has 2 aromatic carbocycles. The van der Waals surface area contributed by atoms with Crippen molar-refractivity contribution in [1.82, 2.24) is 9.88 Å². The lowest BCUT2D eigenvalue weighted by Gasteiger charge is -2.31. The van der Waals surface area contributed by atoms with Crippen LogP contribution in [0.5, 0.6) is 5.75 Å². The van der Waals surface area contributed by atoms with Gasteiger partial charge < -0.3 is 15.0 Å². The summed E-state index contributed by atoms with van der Waals surface area (Å²) in [6.07, 6.45) is 2.12. The number of halogens is 1. The summed E-state index contributed by atoms with van der Waals surface area (Å²) in [5.41, 5.74) is 2.22. The molecular weight excluding hydrogens is 441 g/mol. The van der Waals surface area contributed by atoms with Crippen LogP contribution < -0.4 is 10.1 Å². The monoisotopic (exact) mass is 467 g/mol. The van der Waals surface area contributed by atoms with E-state index < -0.39 is 0 Å². The highest BCUT2D eigenvalue weighted by atomic mass is 32.1. The summed E-state index contributed by atoms with van der Waals surface area (Å²) in [5, 5.41) is 5.40. The number of carbonyl (C=O) groups excluding carboxylic acids is 2. The van der Waals surface area contributed by atoms with Crippen LogP contribution >= 0.6 is 11.3 Å². The van der Waals surface area contributed by atoms with Gasteiger partial charge in [0.2, 0.25) is 5.91 Å². The predicted molar refractivity (Wildman–Crippen MR) is 127 cm³/mol. The Balaban J connectivity index is 1.29. The van der Waals surface area contributed by atoms with Gasteiger partial charge >= 0.3 is 0 Å². The third kappa shape index (κ3) is 5.76. The van der Waals surface area contributed by atoms with Crippen LogP contribution in [0.4, 0.5) is 9.52 Å². The number of hydrogen-bond acceptors (Lipinski definition) is 5. The van der Waals surface area contributed by atoms with E-state index in [2.05, 4.69) is 17.2 Å². The molecule has 1 saturated heterocycles. The second-order valence-corrected chi connectivity index (χ2v) is 8.83. The van der Waals surface area contributed by atoms with Gasteiger partial charge in [-0.2, -0.15) is 0 Å². The van der Waals surface area contributed by atoms with Gasteiger partial charge in [-0.25, -0.2) is 9.37 Å². The first-order chi connectivity index (χ1) is 16.0. The number of hydrogen-bond donors (Lipinski definition) is 1. The molecular formula is C25H26FN3O3S. The Bertz CT molecular complexity index is 1090. The molecule has 0 atom stereocenters. The van der Waals surface area contributed by atoms with Crippen LogP contribution in [0, 0.1) is 11.7 Å². The van der Waals surface area contributed by atoms with E-state index in [4.69, 9.17) is 4.74 Å². The van der Waals surface area contributed by atoms with Crippen molar-refractivity contribution in [2.75, 3.05) is 25.0 Å². The van der Waals surface area contributed by atoms with E-state index in [1.807, 2.05) is 29.6 Å². The number of thiazole rings is 1. The van der Waals surface area contributed by atoms with Gasteiger partial charge in [-0.05, 0) is 67.8 Å². The van der Waals surface area contributed by atoms with Crippen molar-refractivity contribution >= 4 is 28.3 Å². The van der Waals surface area contributed by atoms with Crippen molar-refractivity contribution < 1.29 is 18.7 Å². The highest BCUT2D eigenvalue weighted by molar-refractivity contribution is 7.14. The summed E-state index contributed by atoms with van der Waals surface area (Å²) in [4.78, 5) is 31.6. The van der Waals surface area contributed by atoms with E-state index in [1.54, 1.807) is 4.90 Å². The van der Waals surface area contributed by atoms with Crippen molar-refractivity contribution in [1.29, 1.82) is 0 Å². The number of ether oxygens (including phenoxy) is 1. The Labute approximate surface area is 196 Å². The molecule has 0 bridgehead atoms. The molecule has 1 fully saturated rings. The van der Waals surface area contributed by atoms with Crippen LogP contribution in [-0.2, 0) is 4.79 Å². The zero-order valence-corrected chi connectivity index (χ0v) is 19.2. The predicted octanol–water partition coefficient (Wildman–Crippen LogP) is 5.23. The first-order valence-corrected chi connectivity index (χ1v) is 12.0. The molecule has 1 aliphatic rings. The molecule has 3 aromatic rings. The summed E-state index contributed by atoms with van der Waals surface area (Å²) in [6, 6.07) is 13.3. The van der Waals surface area contributed by atoms with Crippen LogP contribution in [0.3, 0.4) is 0 Å². The lowest BCUT2D eigenvalue weighted by Crippen LogP contribution is -2.41. The van der Waals surface area contributed by atoms with Gasteiger partial charge in [0, 0.05) is 35.5 Å². The number of benzene rings is 2. The number of anilines is 1. The first kappa shape index (κ1) is 22.9. The molecule has 0 unspecified atom stereocenters. The molecule has 33 heavy (non-hydrogen) atoms. The maximum atomic E-state index is 13.1. The second kappa shape index (κ2) is 10.6. The largest absolute Gasteiger partial charge is 0.494 e. The first-order valence-electron chi connectivity index (χ1n) is 11.1. The number of amides is 2. The fraction of sp³-hybridized carbons (Fsp3) is 0.320. The molecule has 1 N–H and O–H groups in total. The number of rotatable bonds is 7. The third-order valence-electron chi connectivity index (χ3n) is 5.60. The van der Waals surface area contributed by atoms with Crippen molar-refractivity contribution in [2.24, 2.45) is 5.92 Å². The number of nitrogens with zero attached hydrogens (tertiary/aromatic N) is 2. The van der Waals surface area contributed by atoms with Gasteiger partial charge in [-0.1, -0.05) is 6.92 Å². The van der Waals surface area contributed by atoms with Gasteiger partial charge in [-0.15, -0.1) is 11.3 Å². The van der Waals surface area contributed by atoms with Crippen LogP contribution in [0.2, 0.25) is 0 Å². The number of nitrogens with one attached hydrogen (secondary N) is 1. The standard InChI is InChI=1S/C25H26FN3O3S/c1-2-15-32-21-9-5-17(6-10-21)22-16-33-25(27-22)28-23(30)18-11-13-29(14-12-18)24(31)19-3-7-20(26)8-4-19/h3-10,16,18H,2,11-15H2,1H3,(H,27,28,30). The van der Waals surface area contributed by atoms with E-state index in [0.29, 0.717) is 43.2 Å². The number of aromatic nitrogens is 1. The molecule has 0 aliphatic carbocycles.